The van der Waals surface area contributed by atoms with Crippen molar-refractivity contribution in [1.82, 2.24) is 15.1 Å². The van der Waals surface area contributed by atoms with E-state index in [0.29, 0.717) is 6.42 Å². The topological polar surface area (TPSA) is 127 Å². The number of aliphatic carboxylic acids is 1. The first kappa shape index (κ1) is 18.6. The van der Waals surface area contributed by atoms with Crippen LogP contribution in [0.3, 0.4) is 0 Å². The molecular formula is C14H22N4O5. The van der Waals surface area contributed by atoms with Gasteiger partial charge in [0.25, 0.3) is 0 Å². The van der Waals surface area contributed by atoms with Crippen LogP contribution in [0.2, 0.25) is 0 Å². The molecule has 128 valence electrons. The lowest BCUT2D eigenvalue weighted by atomic mass is 9.96. The molecule has 23 heavy (non-hydrogen) atoms. The van der Waals surface area contributed by atoms with Crippen molar-refractivity contribution in [2.75, 3.05) is 6.54 Å². The van der Waals surface area contributed by atoms with E-state index in [0.717, 1.165) is 6.20 Å². The minimum absolute atomic E-state index is 0.000855. The molecule has 0 aromatic carbocycles. The van der Waals surface area contributed by atoms with Gasteiger partial charge in [-0.15, -0.1) is 0 Å². The molecule has 1 rings (SSSR count). The number of nitrogens with one attached hydrogen (secondary N) is 1. The first-order valence-corrected chi connectivity index (χ1v) is 7.26. The Morgan fingerprint density at radius 3 is 2.52 bits per heavy atom. The number of aromatic nitrogens is 2. The highest BCUT2D eigenvalue weighted by atomic mass is 16.6. The molecule has 9 heteroatoms. The lowest BCUT2D eigenvalue weighted by Crippen LogP contribution is -2.47. The molecule has 1 aromatic heterocycles. The minimum Gasteiger partial charge on any atom is -0.481 e. The fourth-order valence-corrected chi connectivity index (χ4v) is 2.09. The zero-order chi connectivity index (χ0) is 17.8. The molecule has 0 saturated heterocycles. The second kappa shape index (κ2) is 7.21. The van der Waals surface area contributed by atoms with Crippen molar-refractivity contribution >= 4 is 17.6 Å². The zero-order valence-electron chi connectivity index (χ0n) is 13.6. The first-order valence-electron chi connectivity index (χ1n) is 7.26. The Morgan fingerprint density at radius 1 is 1.48 bits per heavy atom. The van der Waals surface area contributed by atoms with Crippen molar-refractivity contribution in [3.8, 4) is 0 Å². The molecule has 1 amide bonds. The van der Waals surface area contributed by atoms with Gasteiger partial charge in [-0.25, -0.2) is 0 Å². The maximum Gasteiger partial charge on any atom is 0.308 e. The van der Waals surface area contributed by atoms with E-state index < -0.39 is 28.3 Å². The van der Waals surface area contributed by atoms with Gasteiger partial charge in [0, 0.05) is 6.54 Å². The summed E-state index contributed by atoms with van der Waals surface area (Å²) in [6.45, 7) is 6.92. The summed E-state index contributed by atoms with van der Waals surface area (Å²) >= 11 is 0. The fourth-order valence-electron chi connectivity index (χ4n) is 2.09. The third kappa shape index (κ3) is 4.76. The van der Waals surface area contributed by atoms with Gasteiger partial charge in [-0.3, -0.25) is 24.4 Å². The third-order valence-corrected chi connectivity index (χ3v) is 3.52. The van der Waals surface area contributed by atoms with Gasteiger partial charge in [-0.05, 0) is 26.2 Å². The Bertz CT molecular complexity index is 594. The summed E-state index contributed by atoms with van der Waals surface area (Å²) in [5, 5.41) is 26.3. The summed E-state index contributed by atoms with van der Waals surface area (Å²) in [6.07, 6.45) is 2.68. The van der Waals surface area contributed by atoms with Gasteiger partial charge in [0.2, 0.25) is 5.91 Å². The highest BCUT2D eigenvalue weighted by molar-refractivity contribution is 5.84. The lowest BCUT2D eigenvalue weighted by molar-refractivity contribution is -0.385. The summed E-state index contributed by atoms with van der Waals surface area (Å²) in [4.78, 5) is 33.6. The molecule has 9 nitrogen and oxygen atoms in total. The maximum atomic E-state index is 12.3. The molecule has 1 heterocycles. The normalized spacial score (nSPS) is 12.9. The highest BCUT2D eigenvalue weighted by Crippen LogP contribution is 2.19. The lowest BCUT2D eigenvalue weighted by Gasteiger charge is -2.25. The number of rotatable bonds is 8. The van der Waals surface area contributed by atoms with E-state index in [4.69, 9.17) is 0 Å². The summed E-state index contributed by atoms with van der Waals surface area (Å²) in [5.74, 6) is -1.91. The van der Waals surface area contributed by atoms with Crippen LogP contribution in [0.5, 0.6) is 0 Å². The van der Waals surface area contributed by atoms with Gasteiger partial charge in [0.1, 0.15) is 17.9 Å². The Balaban J connectivity index is 2.77. The summed E-state index contributed by atoms with van der Waals surface area (Å²) in [5.41, 5.74) is -1.39. The monoisotopic (exact) mass is 326 g/mol. The van der Waals surface area contributed by atoms with Crippen LogP contribution in [0.4, 0.5) is 5.69 Å². The van der Waals surface area contributed by atoms with E-state index in [1.165, 1.54) is 10.9 Å². The van der Waals surface area contributed by atoms with Crippen molar-refractivity contribution in [3.05, 3.63) is 22.5 Å². The second-order valence-electron chi connectivity index (χ2n) is 6.33. The van der Waals surface area contributed by atoms with Gasteiger partial charge in [-0.1, -0.05) is 13.8 Å². The third-order valence-electron chi connectivity index (χ3n) is 3.52. The fraction of sp³-hybridized carbons (Fsp3) is 0.643. The van der Waals surface area contributed by atoms with Gasteiger partial charge in [0.05, 0.1) is 10.8 Å². The predicted octanol–water partition coefficient (Wildman–Crippen LogP) is 1.39. The molecule has 0 bridgehead atoms. The van der Waals surface area contributed by atoms with Crippen molar-refractivity contribution < 1.29 is 19.6 Å². The summed E-state index contributed by atoms with van der Waals surface area (Å²) in [7, 11) is 0. The van der Waals surface area contributed by atoms with Crippen LogP contribution in [-0.2, 0) is 15.1 Å². The molecule has 1 unspecified atom stereocenters. The average molecular weight is 326 g/mol. The van der Waals surface area contributed by atoms with E-state index in [-0.39, 0.29) is 18.2 Å². The van der Waals surface area contributed by atoms with Crippen LogP contribution in [-0.4, -0.2) is 38.2 Å². The van der Waals surface area contributed by atoms with Crippen LogP contribution < -0.4 is 5.32 Å². The molecule has 0 saturated carbocycles. The Labute approximate surface area is 133 Å². The van der Waals surface area contributed by atoms with Gasteiger partial charge < -0.3 is 10.4 Å². The molecule has 1 aromatic rings. The Hall–Kier alpha value is -2.45. The first-order chi connectivity index (χ1) is 10.6. The number of carboxylic acid groups (broad SMARTS) is 1. The predicted molar refractivity (Wildman–Crippen MR) is 81.8 cm³/mol. The standard InChI is InChI=1S/C14H22N4O5/c1-9(2)5-10(12(19)20)6-15-13(21)14(3,4)17-8-11(7-16-17)18(22)23/h7-10H,5-6H2,1-4H3,(H,15,21)(H,19,20). The van der Waals surface area contributed by atoms with E-state index in [1.54, 1.807) is 13.8 Å². The average Bonchev–Trinajstić information content (AvgIpc) is 2.92. The number of carbonyl (C=O) groups is 2. The number of nitro groups is 1. The molecule has 0 aliphatic heterocycles. The maximum absolute atomic E-state index is 12.3. The number of carboxylic acids is 1. The highest BCUT2D eigenvalue weighted by Gasteiger charge is 2.33. The van der Waals surface area contributed by atoms with E-state index in [9.17, 15) is 24.8 Å². The Morgan fingerprint density at radius 2 is 2.09 bits per heavy atom. The quantitative estimate of drug-likeness (QED) is 0.549. The van der Waals surface area contributed by atoms with Gasteiger partial charge >= 0.3 is 11.7 Å². The van der Waals surface area contributed by atoms with Crippen molar-refractivity contribution in [3.63, 3.8) is 0 Å². The molecule has 0 aliphatic rings. The minimum atomic E-state index is -1.17. The van der Waals surface area contributed by atoms with Crippen LogP contribution >= 0.6 is 0 Å². The SMILES string of the molecule is CC(C)CC(CNC(=O)C(C)(C)n1cc([N+](=O)[O-])cn1)C(=O)O. The molecule has 0 spiro atoms. The van der Waals surface area contributed by atoms with E-state index in [1.807, 2.05) is 13.8 Å². The smallest absolute Gasteiger partial charge is 0.308 e. The van der Waals surface area contributed by atoms with Crippen LogP contribution in [0, 0.1) is 22.0 Å². The second-order valence-corrected chi connectivity index (χ2v) is 6.33. The van der Waals surface area contributed by atoms with E-state index in [2.05, 4.69) is 10.4 Å². The van der Waals surface area contributed by atoms with Crippen molar-refractivity contribution in [1.29, 1.82) is 0 Å². The van der Waals surface area contributed by atoms with Crippen LogP contribution in [0.15, 0.2) is 12.4 Å². The van der Waals surface area contributed by atoms with Gasteiger partial charge in [-0.2, -0.15) is 5.10 Å². The molecule has 0 fully saturated rings. The molecule has 0 aliphatic carbocycles. The van der Waals surface area contributed by atoms with E-state index >= 15 is 0 Å². The van der Waals surface area contributed by atoms with Crippen molar-refractivity contribution in [2.45, 2.75) is 39.7 Å². The zero-order valence-corrected chi connectivity index (χ0v) is 13.6. The number of carbonyl (C=O) groups excluding carboxylic acids is 1. The molecular weight excluding hydrogens is 304 g/mol. The summed E-state index contributed by atoms with van der Waals surface area (Å²) < 4.78 is 1.19. The largest absolute Gasteiger partial charge is 0.481 e. The van der Waals surface area contributed by atoms with Crippen molar-refractivity contribution in [2.24, 2.45) is 11.8 Å². The number of amides is 1. The molecule has 1 atom stereocenters. The molecule has 0 radical (unpaired) electrons. The Kier molecular flexibility index (Phi) is 5.83. The van der Waals surface area contributed by atoms with Gasteiger partial charge in [0.15, 0.2) is 0 Å². The number of hydrogen-bond donors (Lipinski definition) is 2. The molecule has 2 N–H and O–H groups in total. The summed E-state index contributed by atoms with van der Waals surface area (Å²) in [6, 6.07) is 0. The van der Waals surface area contributed by atoms with Crippen LogP contribution in [0.25, 0.3) is 0 Å². The number of hydrogen-bond acceptors (Lipinski definition) is 5. The van der Waals surface area contributed by atoms with Crippen LogP contribution in [0.1, 0.15) is 34.1 Å². The number of nitrogens with zero attached hydrogens (tertiary/aromatic N) is 3.